The molecule has 0 amide bonds. The number of rotatable bonds is 2. The molecule has 0 aromatic rings. The molecule has 1 heterocycles. The summed E-state index contributed by atoms with van der Waals surface area (Å²) in [5.74, 6) is 0. The Bertz CT molecular complexity index is 275. The highest BCUT2D eigenvalue weighted by Crippen LogP contribution is 2.39. The van der Waals surface area contributed by atoms with E-state index in [1.54, 1.807) is 0 Å². The Morgan fingerprint density at radius 2 is 1.87 bits per heavy atom. The van der Waals surface area contributed by atoms with Crippen LogP contribution in [-0.2, 0) is 4.84 Å². The van der Waals surface area contributed by atoms with Gasteiger partial charge in [-0.05, 0) is 45.4 Å². The SMILES string of the molecule is CC1=NOC2(CCC(NC3CC3)CC2)C1. The smallest absolute Gasteiger partial charge is 0.143 e. The van der Waals surface area contributed by atoms with Gasteiger partial charge in [0.2, 0.25) is 0 Å². The van der Waals surface area contributed by atoms with Crippen LogP contribution in [0.2, 0.25) is 0 Å². The Morgan fingerprint density at radius 1 is 1.20 bits per heavy atom. The average molecular weight is 208 g/mol. The Morgan fingerprint density at radius 3 is 2.40 bits per heavy atom. The predicted octanol–water partition coefficient (Wildman–Crippen LogP) is 2.22. The summed E-state index contributed by atoms with van der Waals surface area (Å²) in [5, 5.41) is 7.83. The van der Waals surface area contributed by atoms with Gasteiger partial charge in [-0.2, -0.15) is 0 Å². The fraction of sp³-hybridized carbons (Fsp3) is 0.917. The Balaban J connectivity index is 1.51. The maximum absolute atomic E-state index is 5.62. The van der Waals surface area contributed by atoms with Crippen molar-refractivity contribution >= 4 is 5.71 Å². The van der Waals surface area contributed by atoms with Crippen LogP contribution in [0, 0.1) is 0 Å². The molecule has 3 aliphatic rings. The summed E-state index contributed by atoms with van der Waals surface area (Å²) < 4.78 is 0. The van der Waals surface area contributed by atoms with Crippen LogP contribution in [0.5, 0.6) is 0 Å². The van der Waals surface area contributed by atoms with Crippen molar-refractivity contribution in [3.63, 3.8) is 0 Å². The second kappa shape index (κ2) is 3.48. The molecule has 0 radical (unpaired) electrons. The minimum absolute atomic E-state index is 0.0891. The second-order valence-corrected chi connectivity index (χ2v) is 5.49. The third kappa shape index (κ3) is 2.03. The zero-order chi connectivity index (χ0) is 10.3. The van der Waals surface area contributed by atoms with E-state index >= 15 is 0 Å². The molecule has 2 fully saturated rings. The van der Waals surface area contributed by atoms with Gasteiger partial charge in [0.15, 0.2) is 0 Å². The van der Waals surface area contributed by atoms with E-state index in [2.05, 4.69) is 17.4 Å². The van der Waals surface area contributed by atoms with Gasteiger partial charge in [-0.15, -0.1) is 0 Å². The molecule has 3 nitrogen and oxygen atoms in total. The van der Waals surface area contributed by atoms with E-state index in [4.69, 9.17) is 4.84 Å². The van der Waals surface area contributed by atoms with Gasteiger partial charge in [-0.1, -0.05) is 5.16 Å². The zero-order valence-corrected chi connectivity index (χ0v) is 9.46. The highest BCUT2D eigenvalue weighted by atomic mass is 16.7. The van der Waals surface area contributed by atoms with Gasteiger partial charge in [-0.25, -0.2) is 0 Å². The molecule has 0 saturated heterocycles. The quantitative estimate of drug-likeness (QED) is 0.755. The van der Waals surface area contributed by atoms with Crippen molar-refractivity contribution in [2.24, 2.45) is 5.16 Å². The minimum Gasteiger partial charge on any atom is -0.389 e. The zero-order valence-electron chi connectivity index (χ0n) is 9.46. The summed E-state index contributed by atoms with van der Waals surface area (Å²) in [4.78, 5) is 5.62. The van der Waals surface area contributed by atoms with E-state index in [1.165, 1.54) is 44.2 Å². The minimum atomic E-state index is 0.0891. The lowest BCUT2D eigenvalue weighted by atomic mass is 9.79. The standard InChI is InChI=1S/C12H20N2O/c1-9-8-12(15-14-9)6-4-11(5-7-12)13-10-2-3-10/h10-11,13H,2-8H2,1H3. The van der Waals surface area contributed by atoms with Gasteiger partial charge >= 0.3 is 0 Å². The first-order valence-corrected chi connectivity index (χ1v) is 6.23. The largest absolute Gasteiger partial charge is 0.389 e. The van der Waals surface area contributed by atoms with Crippen LogP contribution in [-0.4, -0.2) is 23.4 Å². The van der Waals surface area contributed by atoms with Gasteiger partial charge in [0.25, 0.3) is 0 Å². The first kappa shape index (κ1) is 9.64. The Hall–Kier alpha value is -0.570. The van der Waals surface area contributed by atoms with Crippen molar-refractivity contribution in [1.82, 2.24) is 5.32 Å². The third-order valence-electron chi connectivity index (χ3n) is 3.92. The molecule has 0 aromatic carbocycles. The molecule has 2 saturated carbocycles. The van der Waals surface area contributed by atoms with Gasteiger partial charge < -0.3 is 10.2 Å². The van der Waals surface area contributed by atoms with Gasteiger partial charge in [0, 0.05) is 18.5 Å². The fourth-order valence-corrected chi connectivity index (χ4v) is 2.87. The van der Waals surface area contributed by atoms with Crippen LogP contribution in [0.15, 0.2) is 5.16 Å². The van der Waals surface area contributed by atoms with Crippen molar-refractivity contribution in [3.8, 4) is 0 Å². The lowest BCUT2D eigenvalue weighted by Gasteiger charge is -2.35. The van der Waals surface area contributed by atoms with E-state index in [-0.39, 0.29) is 5.60 Å². The molecule has 1 spiro atoms. The lowest BCUT2D eigenvalue weighted by molar-refractivity contribution is -0.0501. The summed E-state index contributed by atoms with van der Waals surface area (Å²) in [7, 11) is 0. The molecular formula is C12H20N2O. The molecule has 0 bridgehead atoms. The molecule has 1 aliphatic heterocycles. The Labute approximate surface area is 91.2 Å². The number of oxime groups is 1. The first-order chi connectivity index (χ1) is 7.26. The van der Waals surface area contributed by atoms with E-state index in [0.717, 1.165) is 18.5 Å². The van der Waals surface area contributed by atoms with Gasteiger partial charge in [-0.3, -0.25) is 0 Å². The van der Waals surface area contributed by atoms with Crippen molar-refractivity contribution in [1.29, 1.82) is 0 Å². The average Bonchev–Trinajstić information content (AvgIpc) is 2.97. The van der Waals surface area contributed by atoms with Crippen molar-refractivity contribution in [2.45, 2.75) is 69.6 Å². The van der Waals surface area contributed by atoms with Crippen molar-refractivity contribution in [2.75, 3.05) is 0 Å². The first-order valence-electron chi connectivity index (χ1n) is 6.23. The molecule has 0 unspecified atom stereocenters. The summed E-state index contributed by atoms with van der Waals surface area (Å²) in [5.41, 5.74) is 1.26. The molecule has 84 valence electrons. The number of hydrogen-bond acceptors (Lipinski definition) is 3. The highest BCUT2D eigenvalue weighted by molar-refractivity contribution is 5.83. The number of hydrogen-bond donors (Lipinski definition) is 1. The van der Waals surface area contributed by atoms with E-state index in [1.807, 2.05) is 0 Å². The van der Waals surface area contributed by atoms with Gasteiger partial charge in [0.05, 0.1) is 5.71 Å². The molecular weight excluding hydrogens is 188 g/mol. The maximum Gasteiger partial charge on any atom is 0.143 e. The number of nitrogens with one attached hydrogen (secondary N) is 1. The summed E-state index contributed by atoms with van der Waals surface area (Å²) in [6.07, 6.45) is 8.72. The summed E-state index contributed by atoms with van der Waals surface area (Å²) >= 11 is 0. The van der Waals surface area contributed by atoms with Crippen LogP contribution >= 0.6 is 0 Å². The molecule has 0 aromatic heterocycles. The van der Waals surface area contributed by atoms with E-state index in [9.17, 15) is 0 Å². The maximum atomic E-state index is 5.62. The molecule has 2 aliphatic carbocycles. The summed E-state index contributed by atoms with van der Waals surface area (Å²) in [6, 6.07) is 1.58. The predicted molar refractivity (Wildman–Crippen MR) is 60.0 cm³/mol. The number of nitrogens with zero attached hydrogens (tertiary/aromatic N) is 1. The van der Waals surface area contributed by atoms with Crippen LogP contribution in [0.4, 0.5) is 0 Å². The molecule has 3 rings (SSSR count). The normalized spacial score (nSPS) is 40.3. The molecule has 1 N–H and O–H groups in total. The molecule has 15 heavy (non-hydrogen) atoms. The fourth-order valence-electron chi connectivity index (χ4n) is 2.87. The van der Waals surface area contributed by atoms with Crippen LogP contribution in [0.1, 0.15) is 51.9 Å². The highest BCUT2D eigenvalue weighted by Gasteiger charge is 2.42. The van der Waals surface area contributed by atoms with Crippen LogP contribution in [0.3, 0.4) is 0 Å². The van der Waals surface area contributed by atoms with Crippen molar-refractivity contribution in [3.05, 3.63) is 0 Å². The Kier molecular flexibility index (Phi) is 2.23. The summed E-state index contributed by atoms with van der Waals surface area (Å²) in [6.45, 7) is 2.07. The van der Waals surface area contributed by atoms with Gasteiger partial charge in [0.1, 0.15) is 5.60 Å². The van der Waals surface area contributed by atoms with Crippen molar-refractivity contribution < 1.29 is 4.84 Å². The van der Waals surface area contributed by atoms with Crippen LogP contribution in [0.25, 0.3) is 0 Å². The topological polar surface area (TPSA) is 33.6 Å². The molecule has 0 atom stereocenters. The van der Waals surface area contributed by atoms with E-state index in [0.29, 0.717) is 0 Å². The second-order valence-electron chi connectivity index (χ2n) is 5.49. The van der Waals surface area contributed by atoms with E-state index < -0.39 is 0 Å². The van der Waals surface area contributed by atoms with Crippen LogP contribution < -0.4 is 5.32 Å². The third-order valence-corrected chi connectivity index (χ3v) is 3.92. The lowest BCUT2D eigenvalue weighted by Crippen LogP contribution is -2.42. The monoisotopic (exact) mass is 208 g/mol. The molecule has 3 heteroatoms.